The van der Waals surface area contributed by atoms with Crippen molar-refractivity contribution >= 4 is 37.1 Å². The lowest BCUT2D eigenvalue weighted by atomic mass is 10.1. The molecule has 0 radical (unpaired) electrons. The summed E-state index contributed by atoms with van der Waals surface area (Å²) >= 11 is 0. The Morgan fingerprint density at radius 3 is 2.00 bits per heavy atom. The highest BCUT2D eigenvalue weighted by Crippen LogP contribution is 2.18. The van der Waals surface area contributed by atoms with Crippen molar-refractivity contribution in [1.29, 1.82) is 0 Å². The van der Waals surface area contributed by atoms with Gasteiger partial charge in [-0.15, -0.1) is 0 Å². The second kappa shape index (κ2) is 9.67. The molecule has 4 N–H and O–H groups in total. The summed E-state index contributed by atoms with van der Waals surface area (Å²) in [5.41, 5.74) is 2.14. The quantitative estimate of drug-likeness (QED) is 0.380. The van der Waals surface area contributed by atoms with E-state index in [0.717, 1.165) is 16.5 Å². The first kappa shape index (κ1) is 22.1. The second-order valence-electron chi connectivity index (χ2n) is 5.53. The third kappa shape index (κ3) is 9.51. The van der Waals surface area contributed by atoms with E-state index in [4.69, 9.17) is 14.2 Å². The highest BCUT2D eigenvalue weighted by atomic mass is 32.2. The number of carboxylic acids is 1. The van der Waals surface area contributed by atoms with Crippen molar-refractivity contribution in [3.63, 3.8) is 0 Å². The van der Waals surface area contributed by atoms with Gasteiger partial charge in [0.05, 0.1) is 11.5 Å². The van der Waals surface area contributed by atoms with Gasteiger partial charge in [0.15, 0.2) is 0 Å². The zero-order chi connectivity index (χ0) is 19.8. The van der Waals surface area contributed by atoms with Gasteiger partial charge in [-0.1, -0.05) is 18.2 Å². The number of para-hydroxylation sites is 1. The highest BCUT2D eigenvalue weighted by molar-refractivity contribution is 7.86. The molecule has 2 rings (SSSR count). The Morgan fingerprint density at radius 2 is 1.50 bits per heavy atom. The van der Waals surface area contributed by atoms with Crippen molar-refractivity contribution in [2.24, 2.45) is 0 Å². The van der Waals surface area contributed by atoms with E-state index in [2.05, 4.69) is 4.98 Å². The standard InChI is InChI=1S/C11H11NO2.C4H10O6S2/c13-11(14)6-5-8-7-12-10-4-2-1-3-9(8)10;5-11(6,7)3-1-2-4-12(8,9)10/h1-4,7,12H,5-6H2,(H,13,14);1-4H2,(H,5,6,7)(H,8,9,10). The lowest BCUT2D eigenvalue weighted by Crippen LogP contribution is -2.08. The minimum atomic E-state index is -4.02. The minimum Gasteiger partial charge on any atom is -0.481 e. The van der Waals surface area contributed by atoms with E-state index in [1.807, 2.05) is 30.5 Å². The van der Waals surface area contributed by atoms with Gasteiger partial charge in [-0.05, 0) is 30.9 Å². The number of benzene rings is 1. The molecule has 146 valence electrons. The normalized spacial score (nSPS) is 11.8. The number of aromatic nitrogens is 1. The molecule has 0 saturated heterocycles. The zero-order valence-corrected chi connectivity index (χ0v) is 15.5. The van der Waals surface area contributed by atoms with Crippen LogP contribution in [0.4, 0.5) is 0 Å². The van der Waals surface area contributed by atoms with Gasteiger partial charge < -0.3 is 10.1 Å². The van der Waals surface area contributed by atoms with Crippen LogP contribution in [0.15, 0.2) is 30.5 Å². The average Bonchev–Trinajstić information content (AvgIpc) is 2.92. The zero-order valence-electron chi connectivity index (χ0n) is 13.8. The van der Waals surface area contributed by atoms with Gasteiger partial charge in [-0.25, -0.2) is 0 Å². The summed E-state index contributed by atoms with van der Waals surface area (Å²) in [6.45, 7) is 0. The Balaban J connectivity index is 0.000000265. The first-order valence-electron chi connectivity index (χ1n) is 7.65. The molecule has 0 amide bonds. The van der Waals surface area contributed by atoms with Gasteiger partial charge in [-0.3, -0.25) is 13.9 Å². The Hall–Kier alpha value is -1.95. The number of carbonyl (C=O) groups is 1. The lowest BCUT2D eigenvalue weighted by Gasteiger charge is -1.96. The monoisotopic (exact) mass is 407 g/mol. The van der Waals surface area contributed by atoms with Crippen LogP contribution in [-0.2, 0) is 31.5 Å². The molecule has 0 aliphatic heterocycles. The predicted molar refractivity (Wildman–Crippen MR) is 96.3 cm³/mol. The Morgan fingerprint density at radius 1 is 0.962 bits per heavy atom. The van der Waals surface area contributed by atoms with E-state index in [1.54, 1.807) is 0 Å². The summed E-state index contributed by atoms with van der Waals surface area (Å²) in [4.78, 5) is 13.5. The van der Waals surface area contributed by atoms with Crippen molar-refractivity contribution in [2.75, 3.05) is 11.5 Å². The van der Waals surface area contributed by atoms with Gasteiger partial charge in [-0.2, -0.15) is 16.8 Å². The third-order valence-corrected chi connectivity index (χ3v) is 4.95. The summed E-state index contributed by atoms with van der Waals surface area (Å²) in [7, 11) is -8.04. The molecule has 9 nitrogen and oxygen atoms in total. The number of H-pyrrole nitrogens is 1. The fraction of sp³-hybridized carbons (Fsp3) is 0.400. The number of unbranched alkanes of at least 4 members (excludes halogenated alkanes) is 1. The molecule has 1 aromatic heterocycles. The fourth-order valence-corrected chi connectivity index (χ4v) is 3.29. The van der Waals surface area contributed by atoms with Crippen LogP contribution in [0.1, 0.15) is 24.8 Å². The van der Waals surface area contributed by atoms with Crippen LogP contribution in [0, 0.1) is 0 Å². The number of aliphatic carboxylic acids is 1. The topological polar surface area (TPSA) is 162 Å². The lowest BCUT2D eigenvalue weighted by molar-refractivity contribution is -0.136. The number of fused-ring (bicyclic) bond motifs is 1. The van der Waals surface area contributed by atoms with Crippen molar-refractivity contribution in [3.8, 4) is 0 Å². The molecule has 0 unspecified atom stereocenters. The number of rotatable bonds is 8. The average molecular weight is 407 g/mol. The van der Waals surface area contributed by atoms with Gasteiger partial charge in [0.2, 0.25) is 0 Å². The fourth-order valence-electron chi connectivity index (χ4n) is 2.15. The van der Waals surface area contributed by atoms with E-state index < -0.39 is 37.7 Å². The molecule has 0 fully saturated rings. The molecule has 1 heterocycles. The smallest absolute Gasteiger partial charge is 0.303 e. The Bertz CT molecular complexity index is 897. The second-order valence-corrected chi connectivity index (χ2v) is 8.68. The van der Waals surface area contributed by atoms with E-state index in [1.165, 1.54) is 0 Å². The molecular formula is C15H21NO8S2. The number of carboxylic acid groups (broad SMARTS) is 1. The summed E-state index contributed by atoms with van der Waals surface area (Å²) in [5.74, 6) is -1.72. The molecular weight excluding hydrogens is 386 g/mol. The van der Waals surface area contributed by atoms with Crippen LogP contribution in [0.25, 0.3) is 10.9 Å². The highest BCUT2D eigenvalue weighted by Gasteiger charge is 2.07. The van der Waals surface area contributed by atoms with Gasteiger partial charge in [0.1, 0.15) is 0 Å². The Kier molecular flexibility index (Phi) is 8.21. The number of aromatic amines is 1. The molecule has 0 atom stereocenters. The van der Waals surface area contributed by atoms with E-state index >= 15 is 0 Å². The van der Waals surface area contributed by atoms with Gasteiger partial charge >= 0.3 is 5.97 Å². The number of hydrogen-bond acceptors (Lipinski definition) is 5. The van der Waals surface area contributed by atoms with Crippen molar-refractivity contribution in [3.05, 3.63) is 36.0 Å². The van der Waals surface area contributed by atoms with Crippen LogP contribution >= 0.6 is 0 Å². The van der Waals surface area contributed by atoms with Gasteiger partial charge in [0, 0.05) is 23.5 Å². The summed E-state index contributed by atoms with van der Waals surface area (Å²) in [6.07, 6.45) is 2.67. The molecule has 1 aromatic carbocycles. The largest absolute Gasteiger partial charge is 0.481 e. The van der Waals surface area contributed by atoms with Crippen molar-refractivity contribution in [2.45, 2.75) is 25.7 Å². The van der Waals surface area contributed by atoms with E-state index in [-0.39, 0.29) is 19.3 Å². The molecule has 2 aromatic rings. The first-order chi connectivity index (χ1) is 12.0. The summed E-state index contributed by atoms with van der Waals surface area (Å²) < 4.78 is 56.8. The first-order valence-corrected chi connectivity index (χ1v) is 10.9. The van der Waals surface area contributed by atoms with Crippen molar-refractivity contribution in [1.82, 2.24) is 4.98 Å². The molecule has 0 aliphatic rings. The van der Waals surface area contributed by atoms with Crippen molar-refractivity contribution < 1.29 is 35.8 Å². The Labute approximate surface area is 151 Å². The predicted octanol–water partition coefficient (Wildman–Crippen LogP) is 1.73. The third-order valence-electron chi connectivity index (χ3n) is 3.34. The minimum absolute atomic E-state index is 0.0125. The molecule has 0 spiro atoms. The van der Waals surface area contributed by atoms with E-state index in [9.17, 15) is 21.6 Å². The molecule has 11 heteroatoms. The SMILES string of the molecule is O=C(O)CCc1c[nH]c2ccccc12.O=S(=O)(O)CCCCS(=O)(=O)O. The van der Waals surface area contributed by atoms with Crippen LogP contribution in [0.2, 0.25) is 0 Å². The maximum absolute atomic E-state index is 10.4. The summed E-state index contributed by atoms with van der Waals surface area (Å²) in [6, 6.07) is 7.91. The molecule has 0 saturated carbocycles. The van der Waals surface area contributed by atoms with Gasteiger partial charge in [0.25, 0.3) is 20.2 Å². The molecule has 0 bridgehead atoms. The van der Waals surface area contributed by atoms with Crippen LogP contribution in [-0.4, -0.2) is 53.5 Å². The maximum atomic E-state index is 10.4. The number of hydrogen-bond donors (Lipinski definition) is 4. The van der Waals surface area contributed by atoms with Crippen LogP contribution in [0.5, 0.6) is 0 Å². The molecule has 26 heavy (non-hydrogen) atoms. The number of nitrogens with one attached hydrogen (secondary N) is 1. The number of aryl methyl sites for hydroxylation is 1. The van der Waals surface area contributed by atoms with E-state index in [0.29, 0.717) is 6.42 Å². The maximum Gasteiger partial charge on any atom is 0.303 e. The summed E-state index contributed by atoms with van der Waals surface area (Å²) in [5, 5.41) is 9.69. The van der Waals surface area contributed by atoms with Crippen LogP contribution < -0.4 is 0 Å². The molecule has 0 aliphatic carbocycles. The van der Waals surface area contributed by atoms with Crippen LogP contribution in [0.3, 0.4) is 0 Å².